The third-order valence-electron chi connectivity index (χ3n) is 1.80. The van der Waals surface area contributed by atoms with Gasteiger partial charge >= 0.3 is 75.7 Å². The molecule has 0 radical (unpaired) electrons. The number of allylic oxidation sites excluding steroid dienone is 1. The number of rotatable bonds is 0. The Labute approximate surface area is 75.8 Å². The van der Waals surface area contributed by atoms with Crippen LogP contribution in [0.15, 0.2) is 11.4 Å². The van der Waals surface area contributed by atoms with Crippen molar-refractivity contribution in [1.29, 1.82) is 0 Å². The summed E-state index contributed by atoms with van der Waals surface area (Å²) in [7, 11) is 0. The number of hydrogen-bond acceptors (Lipinski definition) is 0. The maximum absolute atomic E-state index is 6.00. The third-order valence-corrected chi connectivity index (χ3v) is 5.98. The van der Waals surface area contributed by atoms with Crippen LogP contribution in [0.2, 0.25) is 0 Å². The summed E-state index contributed by atoms with van der Waals surface area (Å²) < 4.78 is -2.87. The van der Waals surface area contributed by atoms with Crippen molar-refractivity contribution < 1.29 is 0 Å². The van der Waals surface area contributed by atoms with Gasteiger partial charge in [-0.25, -0.2) is 0 Å². The summed E-state index contributed by atoms with van der Waals surface area (Å²) >= 11 is 18.0. The molecular formula is C6H10Cl3P. The summed E-state index contributed by atoms with van der Waals surface area (Å²) in [6, 6.07) is 0. The Bertz CT molecular complexity index is 189. The van der Waals surface area contributed by atoms with Gasteiger partial charge in [0.05, 0.1) is 0 Å². The molecule has 0 nitrogen and oxygen atoms in total. The summed E-state index contributed by atoms with van der Waals surface area (Å²) in [5.74, 6) is 2.30. The van der Waals surface area contributed by atoms with Gasteiger partial charge in [-0.1, -0.05) is 0 Å². The molecule has 0 amide bonds. The first-order valence-corrected chi connectivity index (χ1v) is 8.35. The van der Waals surface area contributed by atoms with Crippen LogP contribution in [0.4, 0.5) is 0 Å². The first kappa shape index (κ1) is 9.13. The molecule has 0 fully saturated rings. The molecule has 0 spiro atoms. The molecule has 1 rings (SSSR count). The molecule has 4 heteroatoms. The molecule has 0 aromatic heterocycles. The van der Waals surface area contributed by atoms with E-state index in [1.54, 1.807) is 0 Å². The monoisotopic (exact) mass is 218 g/mol. The molecule has 60 valence electrons. The molecule has 0 bridgehead atoms. The van der Waals surface area contributed by atoms with E-state index in [4.69, 9.17) is 33.7 Å². The van der Waals surface area contributed by atoms with Crippen molar-refractivity contribution in [2.24, 2.45) is 5.92 Å². The predicted molar refractivity (Wildman–Crippen MR) is 52.3 cm³/mol. The molecule has 0 aromatic carbocycles. The van der Waals surface area contributed by atoms with Gasteiger partial charge in [0, 0.05) is 0 Å². The van der Waals surface area contributed by atoms with Crippen LogP contribution < -0.4 is 0 Å². The van der Waals surface area contributed by atoms with Gasteiger partial charge in [0.1, 0.15) is 0 Å². The molecular weight excluding hydrogens is 209 g/mol. The van der Waals surface area contributed by atoms with Gasteiger partial charge in [0.2, 0.25) is 0 Å². The molecule has 0 aromatic rings. The number of halogens is 3. The van der Waals surface area contributed by atoms with E-state index in [9.17, 15) is 0 Å². The Kier molecular flexibility index (Phi) is 2.07. The van der Waals surface area contributed by atoms with Crippen molar-refractivity contribution in [3.05, 3.63) is 11.4 Å². The first-order chi connectivity index (χ1) is 4.28. The molecule has 1 heterocycles. The van der Waals surface area contributed by atoms with Crippen molar-refractivity contribution in [2.45, 2.75) is 13.8 Å². The van der Waals surface area contributed by atoms with Crippen molar-refractivity contribution in [3.8, 4) is 0 Å². The van der Waals surface area contributed by atoms with Crippen LogP contribution in [0, 0.1) is 5.92 Å². The van der Waals surface area contributed by atoms with E-state index in [-0.39, 0.29) is 0 Å². The van der Waals surface area contributed by atoms with Crippen LogP contribution in [0.5, 0.6) is 0 Å². The fourth-order valence-corrected chi connectivity index (χ4v) is 6.75. The second-order valence-corrected chi connectivity index (χ2v) is 14.2. The zero-order valence-corrected chi connectivity index (χ0v) is 9.11. The van der Waals surface area contributed by atoms with Gasteiger partial charge in [0.25, 0.3) is 0 Å². The van der Waals surface area contributed by atoms with Crippen LogP contribution in [0.25, 0.3) is 0 Å². The Balaban J connectivity index is 2.94. The zero-order chi connectivity index (χ0) is 8.02. The quantitative estimate of drug-likeness (QED) is 0.524. The summed E-state index contributed by atoms with van der Waals surface area (Å²) in [6.45, 7) is 4.11. The Morgan fingerprint density at radius 2 is 2.00 bits per heavy atom. The molecule has 0 saturated carbocycles. The maximum atomic E-state index is 6.00. The van der Waals surface area contributed by atoms with Crippen LogP contribution in [-0.2, 0) is 0 Å². The van der Waals surface area contributed by atoms with Crippen LogP contribution in [0.3, 0.4) is 0 Å². The SMILES string of the molecule is CC1=CP(Cl)(Cl)(Cl)CC1C. The van der Waals surface area contributed by atoms with E-state index in [2.05, 4.69) is 6.92 Å². The third kappa shape index (κ3) is 2.01. The summed E-state index contributed by atoms with van der Waals surface area (Å²) in [4.78, 5) is 0. The summed E-state index contributed by atoms with van der Waals surface area (Å²) in [5.41, 5.74) is 1.22. The van der Waals surface area contributed by atoms with Crippen molar-refractivity contribution in [1.82, 2.24) is 0 Å². The second-order valence-electron chi connectivity index (χ2n) is 2.98. The van der Waals surface area contributed by atoms with Gasteiger partial charge < -0.3 is 0 Å². The van der Waals surface area contributed by atoms with Gasteiger partial charge in [-0.3, -0.25) is 0 Å². The zero-order valence-electron chi connectivity index (χ0n) is 5.94. The molecule has 1 aliphatic heterocycles. The molecule has 10 heavy (non-hydrogen) atoms. The first-order valence-electron chi connectivity index (χ1n) is 3.14. The summed E-state index contributed by atoms with van der Waals surface area (Å²) in [5, 5.41) is 0. The average Bonchev–Trinajstić information content (AvgIpc) is 1.74. The minimum absolute atomic E-state index is 0.449. The Morgan fingerprint density at radius 3 is 2.10 bits per heavy atom. The van der Waals surface area contributed by atoms with E-state index >= 15 is 0 Å². The van der Waals surface area contributed by atoms with Gasteiger partial charge in [-0.15, -0.1) is 0 Å². The fourth-order valence-electron chi connectivity index (χ4n) is 1.17. The van der Waals surface area contributed by atoms with E-state index < -0.39 is 4.66 Å². The molecule has 1 aliphatic rings. The normalized spacial score (nSPS) is 39.9. The topological polar surface area (TPSA) is 0 Å². The van der Waals surface area contributed by atoms with E-state index in [1.807, 2.05) is 12.7 Å². The molecule has 0 saturated heterocycles. The van der Waals surface area contributed by atoms with Crippen molar-refractivity contribution in [2.75, 3.05) is 6.16 Å². The predicted octanol–water partition coefficient (Wildman–Crippen LogP) is 4.55. The van der Waals surface area contributed by atoms with E-state index in [1.165, 1.54) is 5.57 Å². The summed E-state index contributed by atoms with van der Waals surface area (Å²) in [6.07, 6.45) is 0.724. The van der Waals surface area contributed by atoms with Gasteiger partial charge in [-0.2, -0.15) is 0 Å². The molecule has 0 aliphatic carbocycles. The standard InChI is InChI=1S/C6H10Cl3P/c1-5-3-10(7,8,9)4-6(5)2/h3,6H,4H2,1-2H3. The molecule has 0 N–H and O–H groups in total. The van der Waals surface area contributed by atoms with Crippen LogP contribution >= 0.6 is 38.4 Å². The fraction of sp³-hybridized carbons (Fsp3) is 0.667. The van der Waals surface area contributed by atoms with Crippen LogP contribution in [0.1, 0.15) is 13.8 Å². The van der Waals surface area contributed by atoms with Gasteiger partial charge in [-0.05, 0) is 0 Å². The van der Waals surface area contributed by atoms with Crippen molar-refractivity contribution in [3.63, 3.8) is 0 Å². The Morgan fingerprint density at radius 1 is 1.50 bits per heavy atom. The molecule has 1 unspecified atom stereocenters. The van der Waals surface area contributed by atoms with Gasteiger partial charge in [0.15, 0.2) is 0 Å². The van der Waals surface area contributed by atoms with Crippen LogP contribution in [-0.4, -0.2) is 6.16 Å². The van der Waals surface area contributed by atoms with Crippen molar-refractivity contribution >= 4 is 38.4 Å². The molecule has 1 atom stereocenters. The van der Waals surface area contributed by atoms with E-state index in [0.717, 1.165) is 6.16 Å². The second kappa shape index (κ2) is 2.26. The Hall–Kier alpha value is 1.04. The average molecular weight is 219 g/mol. The minimum atomic E-state index is -2.87. The van der Waals surface area contributed by atoms with E-state index in [0.29, 0.717) is 5.92 Å². The number of hydrogen-bond donors (Lipinski definition) is 0.